The van der Waals surface area contributed by atoms with Crippen LogP contribution >= 0.6 is 0 Å². The Hall–Kier alpha value is -5.23. The lowest BCUT2D eigenvalue weighted by molar-refractivity contribution is 0.101. The number of amides is 1. The fourth-order valence-electron chi connectivity index (χ4n) is 4.18. The molecule has 0 fully saturated rings. The van der Waals surface area contributed by atoms with Crippen molar-refractivity contribution in [3.8, 4) is 17.9 Å². The van der Waals surface area contributed by atoms with Crippen molar-refractivity contribution in [2.24, 2.45) is 14.1 Å². The predicted molar refractivity (Wildman–Crippen MR) is 125 cm³/mol. The van der Waals surface area contributed by atoms with E-state index in [1.165, 1.54) is 24.2 Å². The summed E-state index contributed by atoms with van der Waals surface area (Å²) in [6.07, 6.45) is 4.10. The highest BCUT2D eigenvalue weighted by Gasteiger charge is 2.33. The van der Waals surface area contributed by atoms with E-state index in [-0.39, 0.29) is 17.2 Å². The molecule has 4 aromatic rings. The zero-order valence-corrected chi connectivity index (χ0v) is 19.5. The zero-order valence-electron chi connectivity index (χ0n) is 19.5. The molecule has 0 aliphatic carbocycles. The number of nitrogens with one attached hydrogen (secondary N) is 1. The molecule has 0 bridgehead atoms. The van der Waals surface area contributed by atoms with Crippen LogP contribution < -0.4 is 10.9 Å². The monoisotopic (exact) mass is 484 g/mol. The van der Waals surface area contributed by atoms with Crippen LogP contribution in [0.4, 0.5) is 5.69 Å². The van der Waals surface area contributed by atoms with Crippen molar-refractivity contribution in [2.45, 2.75) is 18.8 Å². The van der Waals surface area contributed by atoms with Gasteiger partial charge in [-0.05, 0) is 11.6 Å². The average Bonchev–Trinajstić information content (AvgIpc) is 3.52. The maximum absolute atomic E-state index is 12.9. The minimum Gasteiger partial charge on any atom is -0.501 e. The van der Waals surface area contributed by atoms with Crippen LogP contribution in [0.15, 0.2) is 52.2 Å². The van der Waals surface area contributed by atoms with Gasteiger partial charge in [0, 0.05) is 37.7 Å². The van der Waals surface area contributed by atoms with Gasteiger partial charge in [-0.1, -0.05) is 30.3 Å². The van der Waals surface area contributed by atoms with Crippen LogP contribution in [0.1, 0.15) is 57.5 Å². The fourth-order valence-corrected chi connectivity index (χ4v) is 4.18. The number of aromatic hydroxyl groups is 1. The third-order valence-electron chi connectivity index (χ3n) is 5.83. The first-order valence-electron chi connectivity index (χ1n) is 10.7. The second kappa shape index (κ2) is 9.56. The lowest BCUT2D eigenvalue weighted by atomic mass is 9.79. The number of hydrogen-bond donors (Lipinski definition) is 2. The Kier molecular flexibility index (Phi) is 6.35. The second-order valence-corrected chi connectivity index (χ2v) is 8.08. The molecule has 12 nitrogen and oxygen atoms in total. The summed E-state index contributed by atoms with van der Waals surface area (Å²) in [4.78, 5) is 30.1. The van der Waals surface area contributed by atoms with E-state index in [2.05, 4.69) is 37.2 Å². The number of aromatic nitrogens is 5. The van der Waals surface area contributed by atoms with Gasteiger partial charge in [0.1, 0.15) is 23.8 Å². The van der Waals surface area contributed by atoms with Crippen LogP contribution in [-0.4, -0.2) is 35.5 Å². The van der Waals surface area contributed by atoms with Gasteiger partial charge in [0.05, 0.1) is 17.8 Å². The maximum atomic E-state index is 12.9. The standard InChI is InChI=1S/C24H20N8O4/c1-13(19(16-7-5-4-6-14(16)8-25)17-11-31(2)30-18(17)9-26)22-29-20(21(33)24(35)32(22)3)23(34)28-15-10-27-36-12-15/h4-7,10-13,19,33H,1-3H3,(H,28,34)/t13-,19-/m0/s1. The molecule has 1 aromatic carbocycles. The number of aryl methyl sites for hydroxylation is 1. The van der Waals surface area contributed by atoms with E-state index >= 15 is 0 Å². The Balaban J connectivity index is 1.91. The molecule has 0 unspecified atom stereocenters. The maximum Gasteiger partial charge on any atom is 0.296 e. The largest absolute Gasteiger partial charge is 0.501 e. The fraction of sp³-hybridized carbons (Fsp3) is 0.208. The second-order valence-electron chi connectivity index (χ2n) is 8.08. The van der Waals surface area contributed by atoms with E-state index in [1.54, 1.807) is 44.4 Å². The number of nitrogens with zero attached hydrogens (tertiary/aromatic N) is 7. The first kappa shape index (κ1) is 23.9. The number of benzene rings is 1. The molecule has 36 heavy (non-hydrogen) atoms. The van der Waals surface area contributed by atoms with Crippen molar-refractivity contribution in [1.82, 2.24) is 24.5 Å². The lowest BCUT2D eigenvalue weighted by Crippen LogP contribution is -2.29. The Morgan fingerprint density at radius 1 is 1.19 bits per heavy atom. The normalized spacial score (nSPS) is 12.4. The molecular formula is C24H20N8O4. The molecule has 4 rings (SSSR count). The summed E-state index contributed by atoms with van der Waals surface area (Å²) in [7, 11) is 3.09. The van der Waals surface area contributed by atoms with Gasteiger partial charge >= 0.3 is 0 Å². The SMILES string of the molecule is C[C@H](c1nc(C(=O)Nc2cnoc2)c(O)c(=O)n1C)[C@@H](c1ccccc1C#N)c1cn(C)nc1C#N. The predicted octanol–water partition coefficient (Wildman–Crippen LogP) is 2.14. The summed E-state index contributed by atoms with van der Waals surface area (Å²) in [5.41, 5.74) is 0.531. The van der Waals surface area contributed by atoms with Crippen molar-refractivity contribution in [3.63, 3.8) is 0 Å². The third kappa shape index (κ3) is 4.19. The Morgan fingerprint density at radius 2 is 1.94 bits per heavy atom. The highest BCUT2D eigenvalue weighted by atomic mass is 16.5. The lowest BCUT2D eigenvalue weighted by Gasteiger charge is -2.26. The minimum atomic E-state index is -0.838. The Labute approximate surface area is 204 Å². The number of carbonyl (C=O) groups is 1. The minimum absolute atomic E-state index is 0.149. The van der Waals surface area contributed by atoms with Crippen molar-refractivity contribution in [1.29, 1.82) is 10.5 Å². The molecule has 180 valence electrons. The van der Waals surface area contributed by atoms with Gasteiger partial charge in [-0.25, -0.2) is 4.98 Å². The summed E-state index contributed by atoms with van der Waals surface area (Å²) in [6.45, 7) is 1.76. The van der Waals surface area contributed by atoms with Crippen molar-refractivity contribution in [2.75, 3.05) is 5.32 Å². The van der Waals surface area contributed by atoms with Crippen LogP contribution in [-0.2, 0) is 14.1 Å². The molecule has 3 aromatic heterocycles. The van der Waals surface area contributed by atoms with Crippen LogP contribution in [0.3, 0.4) is 0 Å². The summed E-state index contributed by atoms with van der Waals surface area (Å²) in [5.74, 6) is -2.79. The van der Waals surface area contributed by atoms with Gasteiger partial charge in [-0.15, -0.1) is 0 Å². The molecule has 0 saturated carbocycles. The van der Waals surface area contributed by atoms with Crippen LogP contribution in [0.25, 0.3) is 0 Å². The van der Waals surface area contributed by atoms with Gasteiger partial charge in [-0.3, -0.25) is 18.8 Å². The van der Waals surface area contributed by atoms with Gasteiger partial charge in [-0.2, -0.15) is 15.6 Å². The summed E-state index contributed by atoms with van der Waals surface area (Å²) in [5, 5.41) is 40.1. The van der Waals surface area contributed by atoms with E-state index in [0.29, 0.717) is 16.7 Å². The molecule has 12 heteroatoms. The number of rotatable bonds is 6. The topological polar surface area (TPSA) is 176 Å². The third-order valence-corrected chi connectivity index (χ3v) is 5.83. The van der Waals surface area contributed by atoms with Crippen molar-refractivity contribution < 1.29 is 14.4 Å². The summed E-state index contributed by atoms with van der Waals surface area (Å²) in [6, 6.07) is 11.1. The molecule has 0 aliphatic heterocycles. The number of hydrogen-bond acceptors (Lipinski definition) is 9. The molecule has 0 radical (unpaired) electrons. The van der Waals surface area contributed by atoms with Gasteiger partial charge < -0.3 is 14.9 Å². The molecule has 2 atom stereocenters. The van der Waals surface area contributed by atoms with E-state index < -0.39 is 34.7 Å². The molecule has 0 saturated heterocycles. The molecule has 2 N–H and O–H groups in total. The molecule has 0 spiro atoms. The number of anilines is 1. The van der Waals surface area contributed by atoms with Gasteiger partial charge in [0.2, 0.25) is 5.75 Å². The molecule has 0 aliphatic rings. The summed E-state index contributed by atoms with van der Waals surface area (Å²) < 4.78 is 7.32. The van der Waals surface area contributed by atoms with E-state index in [4.69, 9.17) is 0 Å². The molecule has 1 amide bonds. The van der Waals surface area contributed by atoms with Gasteiger partial charge in [0.15, 0.2) is 11.4 Å². The summed E-state index contributed by atoms with van der Waals surface area (Å²) >= 11 is 0. The quantitative estimate of drug-likeness (QED) is 0.415. The number of nitriles is 2. The van der Waals surface area contributed by atoms with Crippen LogP contribution in [0.2, 0.25) is 0 Å². The zero-order chi connectivity index (χ0) is 26.0. The van der Waals surface area contributed by atoms with Crippen molar-refractivity contribution >= 4 is 11.6 Å². The highest BCUT2D eigenvalue weighted by molar-refractivity contribution is 6.04. The smallest absolute Gasteiger partial charge is 0.296 e. The first-order chi connectivity index (χ1) is 17.3. The van der Waals surface area contributed by atoms with Gasteiger partial charge in [0.25, 0.3) is 11.5 Å². The highest BCUT2D eigenvalue weighted by Crippen LogP contribution is 2.40. The van der Waals surface area contributed by atoms with E-state index in [1.807, 2.05) is 0 Å². The van der Waals surface area contributed by atoms with E-state index in [9.17, 15) is 25.2 Å². The first-order valence-corrected chi connectivity index (χ1v) is 10.7. The number of carbonyl (C=O) groups excluding carboxylic acids is 1. The van der Waals surface area contributed by atoms with E-state index in [0.717, 1.165) is 4.57 Å². The Morgan fingerprint density at radius 3 is 2.61 bits per heavy atom. The van der Waals surface area contributed by atoms with Crippen LogP contribution in [0, 0.1) is 22.7 Å². The molecular weight excluding hydrogens is 464 g/mol. The van der Waals surface area contributed by atoms with Crippen LogP contribution in [0.5, 0.6) is 5.75 Å². The molecule has 3 heterocycles. The Bertz CT molecular complexity index is 1590. The average molecular weight is 484 g/mol. The van der Waals surface area contributed by atoms with Crippen molar-refractivity contribution in [3.05, 3.63) is 87.2 Å².